The van der Waals surface area contributed by atoms with Crippen molar-refractivity contribution in [1.29, 1.82) is 0 Å². The summed E-state index contributed by atoms with van der Waals surface area (Å²) in [4.78, 5) is 11.7. The average molecular weight is 226 g/mol. The highest BCUT2D eigenvalue weighted by molar-refractivity contribution is 5.76. The molecule has 1 rings (SSSR count). The Hall–Kier alpha value is -0.570. The molecule has 0 saturated heterocycles. The quantitative estimate of drug-likeness (QED) is 0.771. The van der Waals surface area contributed by atoms with Crippen LogP contribution in [0.25, 0.3) is 0 Å². The van der Waals surface area contributed by atoms with E-state index in [0.717, 1.165) is 12.8 Å². The molecule has 1 fully saturated rings. The van der Waals surface area contributed by atoms with Crippen LogP contribution in [-0.2, 0) is 4.79 Å². The highest BCUT2D eigenvalue weighted by atomic mass is 16.1. The Morgan fingerprint density at radius 1 is 1.50 bits per heavy atom. The van der Waals surface area contributed by atoms with Gasteiger partial charge in [0.15, 0.2) is 0 Å². The molecule has 1 saturated carbocycles. The molecule has 3 heteroatoms. The summed E-state index contributed by atoms with van der Waals surface area (Å²) in [6.45, 7) is 8.63. The van der Waals surface area contributed by atoms with Crippen LogP contribution in [0.5, 0.6) is 0 Å². The van der Waals surface area contributed by atoms with Gasteiger partial charge in [-0.3, -0.25) is 4.79 Å². The lowest BCUT2D eigenvalue weighted by atomic mass is 9.92. The number of carbonyl (C=O) groups is 1. The molecule has 16 heavy (non-hydrogen) atoms. The topological polar surface area (TPSA) is 55.1 Å². The van der Waals surface area contributed by atoms with E-state index in [0.29, 0.717) is 23.8 Å². The number of rotatable bonds is 4. The first-order valence-corrected chi connectivity index (χ1v) is 6.35. The van der Waals surface area contributed by atoms with Crippen LogP contribution in [-0.4, -0.2) is 18.0 Å². The lowest BCUT2D eigenvalue weighted by Gasteiger charge is -2.19. The molecule has 0 aromatic heterocycles. The van der Waals surface area contributed by atoms with E-state index in [1.54, 1.807) is 0 Å². The van der Waals surface area contributed by atoms with Gasteiger partial charge in [-0.2, -0.15) is 0 Å². The lowest BCUT2D eigenvalue weighted by molar-refractivity contribution is -0.122. The molecule has 0 aromatic rings. The minimum atomic E-state index is -0.0191. The van der Waals surface area contributed by atoms with Crippen LogP contribution in [0.2, 0.25) is 0 Å². The third-order valence-corrected chi connectivity index (χ3v) is 3.61. The van der Waals surface area contributed by atoms with E-state index >= 15 is 0 Å². The van der Waals surface area contributed by atoms with Gasteiger partial charge in [0.2, 0.25) is 5.91 Å². The number of nitrogens with two attached hydrogens (primary N) is 1. The number of hydrogen-bond donors (Lipinski definition) is 2. The second kappa shape index (κ2) is 5.17. The largest absolute Gasteiger partial charge is 0.353 e. The minimum Gasteiger partial charge on any atom is -0.353 e. The van der Waals surface area contributed by atoms with Crippen molar-refractivity contribution in [2.24, 2.45) is 17.1 Å². The molecule has 0 aliphatic heterocycles. The lowest BCUT2D eigenvalue weighted by Crippen LogP contribution is -2.39. The highest BCUT2D eigenvalue weighted by Gasteiger charge is 2.31. The first kappa shape index (κ1) is 13.5. The molecular weight excluding hydrogens is 200 g/mol. The predicted molar refractivity (Wildman–Crippen MR) is 67.0 cm³/mol. The molecule has 1 aliphatic rings. The van der Waals surface area contributed by atoms with Crippen LogP contribution in [0.1, 0.15) is 53.4 Å². The molecule has 1 aliphatic carbocycles. The van der Waals surface area contributed by atoms with Crippen molar-refractivity contribution in [3.8, 4) is 0 Å². The van der Waals surface area contributed by atoms with E-state index in [2.05, 4.69) is 33.0 Å². The summed E-state index contributed by atoms with van der Waals surface area (Å²) in [5.74, 6) is 0.481. The summed E-state index contributed by atoms with van der Waals surface area (Å²) in [5.41, 5.74) is 6.27. The summed E-state index contributed by atoms with van der Waals surface area (Å²) in [6.07, 6.45) is 3.86. The fraction of sp³-hybridized carbons (Fsp3) is 0.923. The van der Waals surface area contributed by atoms with Gasteiger partial charge in [0.05, 0.1) is 0 Å². The van der Waals surface area contributed by atoms with E-state index in [1.807, 2.05) is 0 Å². The maximum atomic E-state index is 11.7. The van der Waals surface area contributed by atoms with Gasteiger partial charge in [-0.25, -0.2) is 0 Å². The van der Waals surface area contributed by atoms with Crippen molar-refractivity contribution in [2.75, 3.05) is 0 Å². The van der Waals surface area contributed by atoms with E-state index in [9.17, 15) is 4.79 Å². The normalized spacial score (nSPS) is 25.8. The Bertz CT molecular complexity index is 248. The van der Waals surface area contributed by atoms with Crippen LogP contribution in [0.15, 0.2) is 0 Å². The Morgan fingerprint density at radius 3 is 2.56 bits per heavy atom. The summed E-state index contributed by atoms with van der Waals surface area (Å²) in [7, 11) is 0. The van der Waals surface area contributed by atoms with Crippen molar-refractivity contribution in [2.45, 2.75) is 65.5 Å². The summed E-state index contributed by atoms with van der Waals surface area (Å²) < 4.78 is 0. The molecule has 1 amide bonds. The zero-order chi connectivity index (χ0) is 12.3. The maximum absolute atomic E-state index is 11.7. The molecule has 0 heterocycles. The Morgan fingerprint density at radius 2 is 2.12 bits per heavy atom. The molecule has 0 radical (unpaired) electrons. The summed E-state index contributed by atoms with van der Waals surface area (Å²) in [6, 6.07) is 0.344. The highest BCUT2D eigenvalue weighted by Crippen LogP contribution is 2.36. The molecule has 94 valence electrons. The predicted octanol–water partition coefficient (Wildman–Crippen LogP) is 2.05. The second-order valence-corrected chi connectivity index (χ2v) is 6.28. The van der Waals surface area contributed by atoms with Gasteiger partial charge in [0, 0.05) is 18.5 Å². The van der Waals surface area contributed by atoms with Crippen molar-refractivity contribution in [3.63, 3.8) is 0 Å². The monoisotopic (exact) mass is 226 g/mol. The standard InChI is InChI=1S/C13H26N2O/c1-9(2)11(14)7-12(16)15-10-5-6-13(3,4)8-10/h9-11H,5-8,14H2,1-4H3,(H,15,16). The van der Waals surface area contributed by atoms with Crippen molar-refractivity contribution < 1.29 is 4.79 Å². The maximum Gasteiger partial charge on any atom is 0.221 e. The third-order valence-electron chi connectivity index (χ3n) is 3.61. The first-order valence-electron chi connectivity index (χ1n) is 6.35. The number of carbonyl (C=O) groups excluding carboxylic acids is 1. The summed E-state index contributed by atoms with van der Waals surface area (Å²) >= 11 is 0. The number of nitrogens with one attached hydrogen (secondary N) is 1. The molecule has 0 aromatic carbocycles. The Labute approximate surface area is 99.2 Å². The second-order valence-electron chi connectivity index (χ2n) is 6.28. The van der Waals surface area contributed by atoms with E-state index in [-0.39, 0.29) is 11.9 Å². The molecule has 0 bridgehead atoms. The Balaban J connectivity index is 2.30. The molecule has 3 N–H and O–H groups in total. The van der Waals surface area contributed by atoms with Gasteiger partial charge in [0.25, 0.3) is 0 Å². The molecule has 2 unspecified atom stereocenters. The van der Waals surface area contributed by atoms with Crippen LogP contribution in [0.4, 0.5) is 0 Å². The minimum absolute atomic E-state index is 0.0191. The van der Waals surface area contributed by atoms with E-state index < -0.39 is 0 Å². The smallest absolute Gasteiger partial charge is 0.221 e. The van der Waals surface area contributed by atoms with Gasteiger partial charge in [-0.15, -0.1) is 0 Å². The van der Waals surface area contributed by atoms with Gasteiger partial charge in [-0.1, -0.05) is 27.7 Å². The van der Waals surface area contributed by atoms with Crippen LogP contribution >= 0.6 is 0 Å². The number of hydrogen-bond acceptors (Lipinski definition) is 2. The third kappa shape index (κ3) is 4.12. The Kier molecular flexibility index (Phi) is 4.36. The van der Waals surface area contributed by atoms with Gasteiger partial charge < -0.3 is 11.1 Å². The summed E-state index contributed by atoms with van der Waals surface area (Å²) in [5, 5.41) is 3.10. The zero-order valence-electron chi connectivity index (χ0n) is 11.0. The molecule has 2 atom stereocenters. The molecule has 3 nitrogen and oxygen atoms in total. The van der Waals surface area contributed by atoms with Gasteiger partial charge in [0.1, 0.15) is 0 Å². The van der Waals surface area contributed by atoms with Crippen molar-refractivity contribution >= 4 is 5.91 Å². The SMILES string of the molecule is CC(C)C(N)CC(=O)NC1CCC(C)(C)C1. The van der Waals surface area contributed by atoms with Crippen molar-refractivity contribution in [3.05, 3.63) is 0 Å². The number of amides is 1. The van der Waals surface area contributed by atoms with Crippen LogP contribution in [0, 0.1) is 11.3 Å². The molecular formula is C13H26N2O. The molecule has 0 spiro atoms. The first-order chi connectivity index (χ1) is 7.30. The van der Waals surface area contributed by atoms with E-state index in [1.165, 1.54) is 6.42 Å². The van der Waals surface area contributed by atoms with Crippen LogP contribution in [0.3, 0.4) is 0 Å². The van der Waals surface area contributed by atoms with Gasteiger partial charge >= 0.3 is 0 Å². The fourth-order valence-electron chi connectivity index (χ4n) is 2.30. The van der Waals surface area contributed by atoms with Crippen LogP contribution < -0.4 is 11.1 Å². The van der Waals surface area contributed by atoms with Crippen molar-refractivity contribution in [1.82, 2.24) is 5.32 Å². The van der Waals surface area contributed by atoms with E-state index in [4.69, 9.17) is 5.73 Å². The van der Waals surface area contributed by atoms with Gasteiger partial charge in [-0.05, 0) is 30.6 Å². The fourth-order valence-corrected chi connectivity index (χ4v) is 2.30. The average Bonchev–Trinajstić information content (AvgIpc) is 2.44. The zero-order valence-corrected chi connectivity index (χ0v) is 11.0.